The Labute approximate surface area is 156 Å². The van der Waals surface area contributed by atoms with Gasteiger partial charge in [0, 0.05) is 25.1 Å². The third-order valence-corrected chi connectivity index (χ3v) is 4.42. The van der Waals surface area contributed by atoms with Gasteiger partial charge in [-0.3, -0.25) is 29.4 Å². The van der Waals surface area contributed by atoms with Gasteiger partial charge in [0.2, 0.25) is 11.8 Å². The van der Waals surface area contributed by atoms with Crippen molar-refractivity contribution in [3.8, 4) is 12.3 Å². The van der Waals surface area contributed by atoms with Gasteiger partial charge in [0.15, 0.2) is 0 Å². The number of imide groups is 2. The minimum atomic E-state index is -0.977. The Morgan fingerprint density at radius 2 is 2.04 bits per heavy atom. The predicted octanol–water partition coefficient (Wildman–Crippen LogP) is 0.540. The molecule has 1 saturated heterocycles. The fourth-order valence-corrected chi connectivity index (χ4v) is 3.15. The number of anilines is 1. The number of amides is 4. The van der Waals surface area contributed by atoms with Gasteiger partial charge < -0.3 is 10.1 Å². The van der Waals surface area contributed by atoms with Crippen LogP contribution in [0.4, 0.5) is 5.69 Å². The Balaban J connectivity index is 1.73. The summed E-state index contributed by atoms with van der Waals surface area (Å²) in [5.74, 6) is 0.376. The van der Waals surface area contributed by atoms with Crippen LogP contribution in [0.15, 0.2) is 18.2 Å². The second-order valence-electron chi connectivity index (χ2n) is 6.17. The van der Waals surface area contributed by atoms with E-state index in [2.05, 4.69) is 16.6 Å². The lowest BCUT2D eigenvalue weighted by Gasteiger charge is -2.27. The number of nitrogens with zero attached hydrogens (tertiary/aromatic N) is 1. The number of carbonyl (C=O) groups excluding carboxylic acids is 4. The highest BCUT2D eigenvalue weighted by molar-refractivity contribution is 6.25. The average molecular weight is 369 g/mol. The Morgan fingerprint density at radius 3 is 2.78 bits per heavy atom. The minimum absolute atomic E-state index is 0.0872. The lowest BCUT2D eigenvalue weighted by molar-refractivity contribution is -0.136. The monoisotopic (exact) mass is 369 g/mol. The first-order valence-corrected chi connectivity index (χ1v) is 8.64. The van der Waals surface area contributed by atoms with E-state index in [0.717, 1.165) is 4.90 Å². The number of ether oxygens (including phenoxy) is 1. The first-order valence-electron chi connectivity index (χ1n) is 8.64. The van der Waals surface area contributed by atoms with Crippen molar-refractivity contribution >= 4 is 29.3 Å². The third kappa shape index (κ3) is 3.68. The molecule has 0 bridgehead atoms. The molecular formula is C19H19N3O5. The standard InChI is InChI=1S/C19H19N3O5/c1-2-3-10-27-11-9-20-13-6-4-5-12-16(13)19(26)22(18(12)25)14-7-8-15(23)21-17(14)24/h1,4-6,14,20H,3,7-11H2,(H,21,23,24). The number of benzene rings is 1. The van der Waals surface area contributed by atoms with Crippen LogP contribution >= 0.6 is 0 Å². The van der Waals surface area contributed by atoms with Gasteiger partial charge in [-0.15, -0.1) is 12.3 Å². The molecular weight excluding hydrogens is 350 g/mol. The molecule has 8 nitrogen and oxygen atoms in total. The maximum absolute atomic E-state index is 12.9. The van der Waals surface area contributed by atoms with Crippen molar-refractivity contribution < 1.29 is 23.9 Å². The largest absolute Gasteiger partial charge is 0.382 e. The van der Waals surface area contributed by atoms with Gasteiger partial charge in [-0.2, -0.15) is 0 Å². The van der Waals surface area contributed by atoms with Crippen molar-refractivity contribution in [1.82, 2.24) is 10.2 Å². The minimum Gasteiger partial charge on any atom is -0.382 e. The van der Waals surface area contributed by atoms with E-state index in [9.17, 15) is 19.2 Å². The number of hydrogen-bond acceptors (Lipinski definition) is 6. The quantitative estimate of drug-likeness (QED) is 0.413. The first kappa shape index (κ1) is 18.6. The first-order chi connectivity index (χ1) is 13.0. The van der Waals surface area contributed by atoms with Crippen LogP contribution < -0.4 is 10.6 Å². The molecule has 0 radical (unpaired) electrons. The number of piperidine rings is 1. The van der Waals surface area contributed by atoms with E-state index in [0.29, 0.717) is 31.9 Å². The average Bonchev–Trinajstić information content (AvgIpc) is 2.90. The van der Waals surface area contributed by atoms with E-state index in [4.69, 9.17) is 11.2 Å². The molecule has 0 saturated carbocycles. The number of rotatable bonds is 7. The molecule has 1 aromatic carbocycles. The van der Waals surface area contributed by atoms with Crippen molar-refractivity contribution in [2.24, 2.45) is 0 Å². The van der Waals surface area contributed by atoms with Crippen molar-refractivity contribution in [2.75, 3.05) is 25.1 Å². The molecule has 2 N–H and O–H groups in total. The molecule has 3 rings (SSSR count). The zero-order chi connectivity index (χ0) is 19.4. The van der Waals surface area contributed by atoms with E-state index >= 15 is 0 Å². The SMILES string of the molecule is C#CCCOCCNc1cccc2c1C(=O)N(C1CCC(=O)NC1=O)C2=O. The van der Waals surface area contributed by atoms with Crippen LogP contribution in [0.5, 0.6) is 0 Å². The molecule has 2 aliphatic rings. The van der Waals surface area contributed by atoms with Crippen LogP contribution in [-0.4, -0.2) is 54.3 Å². The number of fused-ring (bicyclic) bond motifs is 1. The third-order valence-electron chi connectivity index (χ3n) is 4.42. The van der Waals surface area contributed by atoms with Crippen LogP contribution in [0.3, 0.4) is 0 Å². The van der Waals surface area contributed by atoms with Gasteiger partial charge in [0.1, 0.15) is 6.04 Å². The Kier molecular flexibility index (Phi) is 5.52. The van der Waals surface area contributed by atoms with Crippen molar-refractivity contribution in [1.29, 1.82) is 0 Å². The molecule has 0 aliphatic carbocycles. The van der Waals surface area contributed by atoms with Crippen LogP contribution in [0, 0.1) is 12.3 Å². The molecule has 0 spiro atoms. The summed E-state index contributed by atoms with van der Waals surface area (Å²) in [5.41, 5.74) is 0.972. The summed E-state index contributed by atoms with van der Waals surface area (Å²) in [6, 6.07) is 3.93. The molecule has 1 fully saturated rings. The number of terminal acetylenes is 1. The predicted molar refractivity (Wildman–Crippen MR) is 95.9 cm³/mol. The van der Waals surface area contributed by atoms with Crippen LogP contribution in [0.2, 0.25) is 0 Å². The summed E-state index contributed by atoms with van der Waals surface area (Å²) >= 11 is 0. The highest BCUT2D eigenvalue weighted by Crippen LogP contribution is 2.32. The number of carbonyl (C=O) groups is 4. The second-order valence-corrected chi connectivity index (χ2v) is 6.17. The summed E-state index contributed by atoms with van der Waals surface area (Å²) < 4.78 is 5.35. The molecule has 2 heterocycles. The lowest BCUT2D eigenvalue weighted by Crippen LogP contribution is -2.54. The summed E-state index contributed by atoms with van der Waals surface area (Å²) in [6.45, 7) is 1.27. The van der Waals surface area contributed by atoms with Gasteiger partial charge in [-0.05, 0) is 18.6 Å². The number of hydrogen-bond donors (Lipinski definition) is 2. The summed E-state index contributed by atoms with van der Waals surface area (Å²) in [4.78, 5) is 49.9. The smallest absolute Gasteiger partial charge is 0.264 e. The highest BCUT2D eigenvalue weighted by atomic mass is 16.5. The molecule has 1 atom stereocenters. The molecule has 1 aromatic rings. The molecule has 8 heteroatoms. The zero-order valence-corrected chi connectivity index (χ0v) is 14.6. The van der Waals surface area contributed by atoms with Gasteiger partial charge >= 0.3 is 0 Å². The Hall–Kier alpha value is -3.18. The Bertz CT molecular complexity index is 842. The summed E-state index contributed by atoms with van der Waals surface area (Å²) in [6.07, 6.45) is 5.89. The van der Waals surface area contributed by atoms with E-state index < -0.39 is 29.7 Å². The fourth-order valence-electron chi connectivity index (χ4n) is 3.15. The zero-order valence-electron chi connectivity index (χ0n) is 14.6. The maximum atomic E-state index is 12.9. The lowest BCUT2D eigenvalue weighted by atomic mass is 10.0. The van der Waals surface area contributed by atoms with Crippen molar-refractivity contribution in [3.05, 3.63) is 29.3 Å². The van der Waals surface area contributed by atoms with E-state index in [1.807, 2.05) is 0 Å². The van der Waals surface area contributed by atoms with E-state index in [1.165, 1.54) is 0 Å². The van der Waals surface area contributed by atoms with Gasteiger partial charge in [-0.1, -0.05) is 6.07 Å². The topological polar surface area (TPSA) is 105 Å². The highest BCUT2D eigenvalue weighted by Gasteiger charge is 2.45. The molecule has 140 valence electrons. The summed E-state index contributed by atoms with van der Waals surface area (Å²) in [7, 11) is 0. The van der Waals surface area contributed by atoms with Crippen LogP contribution in [0.25, 0.3) is 0 Å². The van der Waals surface area contributed by atoms with E-state index in [-0.39, 0.29) is 24.0 Å². The van der Waals surface area contributed by atoms with Crippen LogP contribution in [0.1, 0.15) is 40.0 Å². The van der Waals surface area contributed by atoms with Crippen LogP contribution in [-0.2, 0) is 14.3 Å². The molecule has 27 heavy (non-hydrogen) atoms. The van der Waals surface area contributed by atoms with Gasteiger partial charge in [-0.25, -0.2) is 0 Å². The van der Waals surface area contributed by atoms with Gasteiger partial charge in [0.05, 0.1) is 24.3 Å². The number of nitrogens with one attached hydrogen (secondary N) is 2. The second kappa shape index (κ2) is 8.01. The molecule has 0 aromatic heterocycles. The molecule has 2 aliphatic heterocycles. The fraction of sp³-hybridized carbons (Fsp3) is 0.368. The van der Waals surface area contributed by atoms with Crippen molar-refractivity contribution in [3.63, 3.8) is 0 Å². The van der Waals surface area contributed by atoms with Gasteiger partial charge in [0.25, 0.3) is 11.8 Å². The molecule has 1 unspecified atom stereocenters. The molecule has 4 amide bonds. The van der Waals surface area contributed by atoms with Crippen molar-refractivity contribution in [2.45, 2.75) is 25.3 Å². The van der Waals surface area contributed by atoms with E-state index in [1.54, 1.807) is 18.2 Å². The normalized spacial score (nSPS) is 18.9. The Morgan fingerprint density at radius 1 is 1.22 bits per heavy atom. The summed E-state index contributed by atoms with van der Waals surface area (Å²) in [5, 5.41) is 5.26. The maximum Gasteiger partial charge on any atom is 0.264 e.